The summed E-state index contributed by atoms with van der Waals surface area (Å²) in [6, 6.07) is 6.92. The highest BCUT2D eigenvalue weighted by Crippen LogP contribution is 2.12. The molecule has 92 valence electrons. The summed E-state index contributed by atoms with van der Waals surface area (Å²) >= 11 is 0. The molecule has 0 saturated carbocycles. The summed E-state index contributed by atoms with van der Waals surface area (Å²) in [5.74, 6) is -0.288. The monoisotopic (exact) mass is 242 g/mol. The number of amides is 1. The molecule has 0 spiro atoms. The average molecular weight is 242 g/mol. The van der Waals surface area contributed by atoms with Gasteiger partial charge in [0.05, 0.1) is 11.7 Å². The van der Waals surface area contributed by atoms with Crippen LogP contribution in [-0.4, -0.2) is 15.9 Å². The van der Waals surface area contributed by atoms with Gasteiger partial charge < -0.3 is 11.1 Å². The van der Waals surface area contributed by atoms with Crippen LogP contribution in [0.2, 0.25) is 0 Å². The Labute approximate surface area is 105 Å². The number of aromatic nitrogens is 2. The van der Waals surface area contributed by atoms with Crippen LogP contribution in [-0.2, 0) is 0 Å². The average Bonchev–Trinajstić information content (AvgIpc) is 2.40. The summed E-state index contributed by atoms with van der Waals surface area (Å²) in [5.41, 5.74) is 7.24. The second-order valence-electron chi connectivity index (χ2n) is 3.92. The summed E-state index contributed by atoms with van der Waals surface area (Å²) in [5, 5.41) is 2.83. The number of carbonyl (C=O) groups is 1. The summed E-state index contributed by atoms with van der Waals surface area (Å²) < 4.78 is 0. The molecule has 2 rings (SSSR count). The molecule has 1 amide bonds. The smallest absolute Gasteiger partial charge is 0.272 e. The minimum absolute atomic E-state index is 0.146. The Bertz CT molecular complexity index is 542. The van der Waals surface area contributed by atoms with Crippen molar-refractivity contribution in [3.63, 3.8) is 0 Å². The van der Waals surface area contributed by atoms with E-state index in [0.717, 1.165) is 5.56 Å². The van der Waals surface area contributed by atoms with Gasteiger partial charge in [-0.05, 0) is 30.7 Å². The van der Waals surface area contributed by atoms with Gasteiger partial charge in [-0.2, -0.15) is 0 Å². The molecule has 0 aliphatic carbocycles. The van der Waals surface area contributed by atoms with Crippen molar-refractivity contribution in [3.8, 4) is 0 Å². The lowest BCUT2D eigenvalue weighted by Crippen LogP contribution is -2.28. The Morgan fingerprint density at radius 1 is 1.33 bits per heavy atom. The number of rotatable bonds is 3. The van der Waals surface area contributed by atoms with Gasteiger partial charge in [-0.1, -0.05) is 6.07 Å². The first kappa shape index (κ1) is 12.0. The number of nitrogens with one attached hydrogen (secondary N) is 1. The van der Waals surface area contributed by atoms with Crippen LogP contribution in [0.1, 0.15) is 29.0 Å². The molecule has 5 heteroatoms. The number of nitrogens with zero attached hydrogens (tertiary/aromatic N) is 2. The predicted octanol–water partition coefficient (Wildman–Crippen LogP) is 1.55. The van der Waals surface area contributed by atoms with E-state index in [-0.39, 0.29) is 17.6 Å². The number of nitrogen functional groups attached to an aromatic ring is 1. The van der Waals surface area contributed by atoms with E-state index in [1.165, 1.54) is 0 Å². The minimum atomic E-state index is -0.288. The second-order valence-corrected chi connectivity index (χ2v) is 3.92. The second kappa shape index (κ2) is 5.27. The maximum atomic E-state index is 12.0. The molecular formula is C13H14N4O. The van der Waals surface area contributed by atoms with Crippen LogP contribution in [0.4, 0.5) is 5.69 Å². The van der Waals surface area contributed by atoms with Gasteiger partial charge in [-0.3, -0.25) is 9.78 Å². The third-order valence-electron chi connectivity index (χ3n) is 2.59. The van der Waals surface area contributed by atoms with Crippen LogP contribution in [0, 0.1) is 0 Å². The molecule has 0 aliphatic heterocycles. The quantitative estimate of drug-likeness (QED) is 0.855. The maximum absolute atomic E-state index is 12.0. The van der Waals surface area contributed by atoms with Crippen molar-refractivity contribution in [1.82, 2.24) is 15.3 Å². The molecule has 1 atom stereocenters. The predicted molar refractivity (Wildman–Crippen MR) is 68.8 cm³/mol. The normalized spacial score (nSPS) is 11.8. The highest BCUT2D eigenvalue weighted by atomic mass is 16.1. The highest BCUT2D eigenvalue weighted by molar-refractivity contribution is 5.97. The Balaban J connectivity index is 2.11. The van der Waals surface area contributed by atoms with E-state index < -0.39 is 0 Å². The van der Waals surface area contributed by atoms with Crippen molar-refractivity contribution >= 4 is 11.6 Å². The van der Waals surface area contributed by atoms with Crippen molar-refractivity contribution in [1.29, 1.82) is 0 Å². The number of carbonyl (C=O) groups excluding carboxylic acids is 1. The molecule has 18 heavy (non-hydrogen) atoms. The lowest BCUT2D eigenvalue weighted by molar-refractivity contribution is 0.0936. The number of nitrogens with two attached hydrogens (primary N) is 1. The topological polar surface area (TPSA) is 80.9 Å². The third kappa shape index (κ3) is 2.63. The van der Waals surface area contributed by atoms with Gasteiger partial charge in [0.25, 0.3) is 5.91 Å². The zero-order valence-corrected chi connectivity index (χ0v) is 10.00. The van der Waals surface area contributed by atoms with Crippen LogP contribution in [0.25, 0.3) is 0 Å². The molecule has 0 radical (unpaired) electrons. The number of hydrogen-bond acceptors (Lipinski definition) is 4. The fraction of sp³-hybridized carbons (Fsp3) is 0.154. The van der Waals surface area contributed by atoms with Crippen molar-refractivity contribution < 1.29 is 4.79 Å². The first-order valence-corrected chi connectivity index (χ1v) is 5.60. The zero-order chi connectivity index (χ0) is 13.0. The van der Waals surface area contributed by atoms with Gasteiger partial charge in [0.2, 0.25) is 0 Å². The van der Waals surface area contributed by atoms with Crippen LogP contribution < -0.4 is 11.1 Å². The first-order valence-electron chi connectivity index (χ1n) is 5.60. The third-order valence-corrected chi connectivity index (χ3v) is 2.59. The molecule has 0 saturated heterocycles. The van der Waals surface area contributed by atoms with Crippen molar-refractivity contribution in [2.24, 2.45) is 0 Å². The molecule has 2 heterocycles. The minimum Gasteiger partial charge on any atom is -0.397 e. The standard InChI is InChI=1S/C13H14N4O/c1-9(10-4-2-6-15-8-10)17-13(18)12-11(14)5-3-7-16-12/h2-9H,14H2,1H3,(H,17,18)/t9-/m1/s1. The molecule has 0 bridgehead atoms. The SMILES string of the molecule is C[C@@H](NC(=O)c1ncccc1N)c1cccnc1. The van der Waals surface area contributed by atoms with E-state index in [1.54, 1.807) is 30.7 Å². The molecule has 0 aliphatic rings. The van der Waals surface area contributed by atoms with E-state index in [9.17, 15) is 4.79 Å². The van der Waals surface area contributed by atoms with Crippen LogP contribution in [0.15, 0.2) is 42.9 Å². The molecule has 2 aromatic heterocycles. The molecule has 3 N–H and O–H groups in total. The Kier molecular flexibility index (Phi) is 3.52. The fourth-order valence-electron chi connectivity index (χ4n) is 1.59. The lowest BCUT2D eigenvalue weighted by Gasteiger charge is -2.14. The maximum Gasteiger partial charge on any atom is 0.272 e. The molecule has 5 nitrogen and oxygen atoms in total. The zero-order valence-electron chi connectivity index (χ0n) is 10.00. The van der Waals surface area contributed by atoms with E-state index in [4.69, 9.17) is 5.73 Å². The van der Waals surface area contributed by atoms with Crippen LogP contribution in [0.5, 0.6) is 0 Å². The van der Waals surface area contributed by atoms with Gasteiger partial charge in [0.15, 0.2) is 5.69 Å². The highest BCUT2D eigenvalue weighted by Gasteiger charge is 2.14. The Morgan fingerprint density at radius 2 is 2.11 bits per heavy atom. The summed E-state index contributed by atoms with van der Waals surface area (Å²) in [6.07, 6.45) is 4.95. The van der Waals surface area contributed by atoms with E-state index in [2.05, 4.69) is 15.3 Å². The number of anilines is 1. The molecule has 0 aromatic carbocycles. The van der Waals surface area contributed by atoms with Crippen LogP contribution >= 0.6 is 0 Å². The van der Waals surface area contributed by atoms with Crippen LogP contribution in [0.3, 0.4) is 0 Å². The number of hydrogen-bond donors (Lipinski definition) is 2. The lowest BCUT2D eigenvalue weighted by atomic mass is 10.1. The Hall–Kier alpha value is -2.43. The van der Waals surface area contributed by atoms with Crippen molar-refractivity contribution in [3.05, 3.63) is 54.1 Å². The van der Waals surface area contributed by atoms with Crippen molar-refractivity contribution in [2.45, 2.75) is 13.0 Å². The van der Waals surface area contributed by atoms with Gasteiger partial charge >= 0.3 is 0 Å². The Morgan fingerprint density at radius 3 is 2.78 bits per heavy atom. The van der Waals surface area contributed by atoms with Gasteiger partial charge in [0, 0.05) is 18.6 Å². The van der Waals surface area contributed by atoms with E-state index in [1.807, 2.05) is 19.1 Å². The van der Waals surface area contributed by atoms with E-state index in [0.29, 0.717) is 5.69 Å². The van der Waals surface area contributed by atoms with Gasteiger partial charge in [-0.15, -0.1) is 0 Å². The number of pyridine rings is 2. The largest absolute Gasteiger partial charge is 0.397 e. The molecule has 0 unspecified atom stereocenters. The first-order chi connectivity index (χ1) is 8.68. The summed E-state index contributed by atoms with van der Waals surface area (Å²) in [6.45, 7) is 1.88. The molecule has 0 fully saturated rings. The van der Waals surface area contributed by atoms with Crippen molar-refractivity contribution in [2.75, 3.05) is 5.73 Å². The summed E-state index contributed by atoms with van der Waals surface area (Å²) in [7, 11) is 0. The van der Waals surface area contributed by atoms with Gasteiger partial charge in [0.1, 0.15) is 0 Å². The van der Waals surface area contributed by atoms with Gasteiger partial charge in [-0.25, -0.2) is 4.98 Å². The summed E-state index contributed by atoms with van der Waals surface area (Å²) in [4.78, 5) is 20.0. The molecular weight excluding hydrogens is 228 g/mol. The fourth-order valence-corrected chi connectivity index (χ4v) is 1.59. The van der Waals surface area contributed by atoms with E-state index >= 15 is 0 Å². The molecule has 2 aromatic rings.